The average molecular weight is 310 g/mol. The first-order chi connectivity index (χ1) is 9.86. The molecule has 21 heavy (non-hydrogen) atoms. The molecule has 0 amide bonds. The van der Waals surface area contributed by atoms with Crippen LogP contribution >= 0.6 is 0 Å². The number of aliphatic hydroxyl groups is 1. The van der Waals surface area contributed by atoms with E-state index in [2.05, 4.69) is 9.71 Å². The van der Waals surface area contributed by atoms with Gasteiger partial charge in [-0.2, -0.15) is 0 Å². The molecule has 0 aliphatic rings. The van der Waals surface area contributed by atoms with Crippen LogP contribution in [-0.2, 0) is 16.6 Å². The summed E-state index contributed by atoms with van der Waals surface area (Å²) in [6.07, 6.45) is 3.23. The third-order valence-corrected chi connectivity index (χ3v) is 5.00. The van der Waals surface area contributed by atoms with Crippen LogP contribution in [0.5, 0.6) is 0 Å². The standard InChI is InChI=1S/C14H18N2O4S/c1-9(12-5-4-6-15-7-12)16-21(18,19)14-11(3)20-10(2)13(14)8-17/h4-7,9,16-17H,8H2,1-3H3. The van der Waals surface area contributed by atoms with E-state index in [1.54, 1.807) is 45.3 Å². The normalized spacial score (nSPS) is 13.3. The number of sulfonamides is 1. The number of nitrogens with one attached hydrogen (secondary N) is 1. The molecule has 2 aromatic heterocycles. The summed E-state index contributed by atoms with van der Waals surface area (Å²) in [4.78, 5) is 3.98. The van der Waals surface area contributed by atoms with Gasteiger partial charge in [-0.05, 0) is 32.4 Å². The Morgan fingerprint density at radius 2 is 2.10 bits per heavy atom. The van der Waals surface area contributed by atoms with Gasteiger partial charge in [-0.25, -0.2) is 13.1 Å². The number of furan rings is 1. The maximum atomic E-state index is 12.5. The zero-order valence-electron chi connectivity index (χ0n) is 12.1. The molecule has 2 heterocycles. The topological polar surface area (TPSA) is 92.4 Å². The molecule has 2 rings (SSSR count). The molecule has 2 N–H and O–H groups in total. The van der Waals surface area contributed by atoms with E-state index in [4.69, 9.17) is 4.42 Å². The van der Waals surface area contributed by atoms with E-state index >= 15 is 0 Å². The van der Waals surface area contributed by atoms with Gasteiger partial charge in [0.2, 0.25) is 10.0 Å². The third kappa shape index (κ3) is 3.15. The van der Waals surface area contributed by atoms with Crippen molar-refractivity contribution in [2.75, 3.05) is 0 Å². The molecule has 0 saturated carbocycles. The van der Waals surface area contributed by atoms with Crippen LogP contribution in [0, 0.1) is 13.8 Å². The Morgan fingerprint density at radius 1 is 1.38 bits per heavy atom. The number of aliphatic hydroxyl groups excluding tert-OH is 1. The second-order valence-corrected chi connectivity index (χ2v) is 6.46. The number of aryl methyl sites for hydroxylation is 2. The predicted molar refractivity (Wildman–Crippen MR) is 77.1 cm³/mol. The Morgan fingerprint density at radius 3 is 2.67 bits per heavy atom. The summed E-state index contributed by atoms with van der Waals surface area (Å²) in [5.41, 5.74) is 1.04. The van der Waals surface area contributed by atoms with Crippen LogP contribution in [0.4, 0.5) is 0 Å². The van der Waals surface area contributed by atoms with Crippen LogP contribution in [0.2, 0.25) is 0 Å². The minimum atomic E-state index is -3.79. The van der Waals surface area contributed by atoms with Crippen molar-refractivity contribution in [1.29, 1.82) is 0 Å². The molecule has 0 aliphatic carbocycles. The molecule has 0 aromatic carbocycles. The summed E-state index contributed by atoms with van der Waals surface area (Å²) in [6, 6.07) is 3.09. The molecule has 0 saturated heterocycles. The maximum absolute atomic E-state index is 12.5. The molecule has 0 spiro atoms. The summed E-state index contributed by atoms with van der Waals surface area (Å²) in [7, 11) is -3.79. The summed E-state index contributed by atoms with van der Waals surface area (Å²) >= 11 is 0. The first-order valence-corrected chi connectivity index (χ1v) is 7.97. The van der Waals surface area contributed by atoms with E-state index in [0.29, 0.717) is 11.3 Å². The molecule has 0 fully saturated rings. The van der Waals surface area contributed by atoms with Crippen LogP contribution < -0.4 is 4.72 Å². The number of nitrogens with zero attached hydrogens (tertiary/aromatic N) is 1. The van der Waals surface area contributed by atoms with Crippen LogP contribution in [0.1, 0.15) is 35.6 Å². The van der Waals surface area contributed by atoms with Crippen LogP contribution in [0.25, 0.3) is 0 Å². The Kier molecular flexibility index (Phi) is 4.46. The van der Waals surface area contributed by atoms with Gasteiger partial charge in [0, 0.05) is 24.0 Å². The van der Waals surface area contributed by atoms with Crippen molar-refractivity contribution in [3.05, 3.63) is 47.2 Å². The van der Waals surface area contributed by atoms with Crippen LogP contribution in [-0.4, -0.2) is 18.5 Å². The molecule has 7 heteroatoms. The van der Waals surface area contributed by atoms with Crippen molar-refractivity contribution in [1.82, 2.24) is 9.71 Å². The van der Waals surface area contributed by atoms with Crippen LogP contribution in [0.15, 0.2) is 33.8 Å². The molecule has 1 atom stereocenters. The maximum Gasteiger partial charge on any atom is 0.244 e. The molecule has 0 radical (unpaired) electrons. The Balaban J connectivity index is 2.36. The lowest BCUT2D eigenvalue weighted by Gasteiger charge is -2.14. The number of pyridine rings is 1. The second kappa shape index (κ2) is 5.97. The lowest BCUT2D eigenvalue weighted by molar-refractivity contribution is 0.276. The second-order valence-electron chi connectivity index (χ2n) is 4.81. The van der Waals surface area contributed by atoms with E-state index in [9.17, 15) is 13.5 Å². The van der Waals surface area contributed by atoms with E-state index in [0.717, 1.165) is 5.56 Å². The predicted octanol–water partition coefficient (Wildman–Crippen LogP) is 1.82. The van der Waals surface area contributed by atoms with Gasteiger partial charge in [0.15, 0.2) is 0 Å². The largest absolute Gasteiger partial charge is 0.465 e. The highest BCUT2D eigenvalue weighted by Gasteiger charge is 2.28. The summed E-state index contributed by atoms with van der Waals surface area (Å²) < 4.78 is 33.0. The van der Waals surface area contributed by atoms with Gasteiger partial charge in [0.05, 0.1) is 6.61 Å². The molecule has 6 nitrogen and oxygen atoms in total. The molecule has 1 unspecified atom stereocenters. The fraction of sp³-hybridized carbons (Fsp3) is 0.357. The minimum Gasteiger partial charge on any atom is -0.465 e. The van der Waals surface area contributed by atoms with Crippen molar-refractivity contribution >= 4 is 10.0 Å². The van der Waals surface area contributed by atoms with Gasteiger partial charge < -0.3 is 9.52 Å². The quantitative estimate of drug-likeness (QED) is 0.879. The smallest absolute Gasteiger partial charge is 0.244 e. The van der Waals surface area contributed by atoms with Crippen LogP contribution in [0.3, 0.4) is 0 Å². The minimum absolute atomic E-state index is 0.0123. The summed E-state index contributed by atoms with van der Waals surface area (Å²) in [5, 5.41) is 9.36. The average Bonchev–Trinajstić information content (AvgIpc) is 2.73. The lowest BCUT2D eigenvalue weighted by atomic mass is 10.2. The molecule has 0 bridgehead atoms. The van der Waals surface area contributed by atoms with Gasteiger partial charge in [-0.1, -0.05) is 6.07 Å². The van der Waals surface area contributed by atoms with Crippen molar-refractivity contribution in [3.63, 3.8) is 0 Å². The number of aromatic nitrogens is 1. The third-order valence-electron chi connectivity index (χ3n) is 3.27. The Bertz CT molecular complexity index is 723. The van der Waals surface area contributed by atoms with Gasteiger partial charge >= 0.3 is 0 Å². The monoisotopic (exact) mass is 310 g/mol. The Labute approximate surface area is 123 Å². The van der Waals surface area contributed by atoms with E-state index < -0.39 is 16.1 Å². The number of rotatable bonds is 5. The fourth-order valence-electron chi connectivity index (χ4n) is 2.24. The van der Waals surface area contributed by atoms with Crippen molar-refractivity contribution < 1.29 is 17.9 Å². The first kappa shape index (κ1) is 15.7. The highest BCUT2D eigenvalue weighted by Crippen LogP contribution is 2.27. The van der Waals surface area contributed by atoms with E-state index in [1.165, 1.54) is 0 Å². The number of hydrogen-bond acceptors (Lipinski definition) is 5. The van der Waals surface area contributed by atoms with Crippen molar-refractivity contribution in [3.8, 4) is 0 Å². The van der Waals surface area contributed by atoms with E-state index in [-0.39, 0.29) is 17.3 Å². The van der Waals surface area contributed by atoms with E-state index in [1.807, 2.05) is 0 Å². The Hall–Kier alpha value is -1.70. The highest BCUT2D eigenvalue weighted by molar-refractivity contribution is 7.89. The summed E-state index contributed by atoms with van der Waals surface area (Å²) in [5.74, 6) is 0.673. The highest BCUT2D eigenvalue weighted by atomic mass is 32.2. The fourth-order valence-corrected chi connectivity index (χ4v) is 3.91. The molecular formula is C14H18N2O4S. The zero-order chi connectivity index (χ0) is 15.6. The zero-order valence-corrected chi connectivity index (χ0v) is 12.9. The van der Waals surface area contributed by atoms with Gasteiger partial charge in [-0.3, -0.25) is 4.98 Å². The van der Waals surface area contributed by atoms with Crippen molar-refractivity contribution in [2.24, 2.45) is 0 Å². The van der Waals surface area contributed by atoms with Gasteiger partial charge in [0.1, 0.15) is 16.4 Å². The van der Waals surface area contributed by atoms with Gasteiger partial charge in [0.25, 0.3) is 0 Å². The molecular weight excluding hydrogens is 292 g/mol. The molecule has 114 valence electrons. The number of hydrogen-bond donors (Lipinski definition) is 2. The van der Waals surface area contributed by atoms with Crippen molar-refractivity contribution in [2.45, 2.75) is 38.3 Å². The SMILES string of the molecule is Cc1oc(C)c(S(=O)(=O)NC(C)c2cccnc2)c1CO. The molecule has 2 aromatic rings. The molecule has 0 aliphatic heterocycles. The first-order valence-electron chi connectivity index (χ1n) is 6.48. The van der Waals surface area contributed by atoms with Gasteiger partial charge in [-0.15, -0.1) is 0 Å². The summed E-state index contributed by atoms with van der Waals surface area (Å²) in [6.45, 7) is 4.54. The lowest BCUT2D eigenvalue weighted by Crippen LogP contribution is -2.28.